The molecule has 2 aromatic carbocycles. The van der Waals surface area contributed by atoms with E-state index in [0.29, 0.717) is 12.1 Å². The van der Waals surface area contributed by atoms with Gasteiger partial charge in [-0.25, -0.2) is 0 Å². The maximum atomic E-state index is 12.9. The highest BCUT2D eigenvalue weighted by molar-refractivity contribution is 8.00. The van der Waals surface area contributed by atoms with Crippen LogP contribution in [0.15, 0.2) is 53.4 Å². The van der Waals surface area contributed by atoms with Crippen LogP contribution < -0.4 is 11.1 Å². The number of piperidine rings is 1. The Hall–Kier alpha value is -2.31. The molecular formula is C21H25N3O2S. The van der Waals surface area contributed by atoms with Crippen LogP contribution in [0, 0.1) is 6.92 Å². The van der Waals surface area contributed by atoms with Gasteiger partial charge in [0.15, 0.2) is 0 Å². The molecule has 5 nitrogen and oxygen atoms in total. The fourth-order valence-electron chi connectivity index (χ4n) is 3.11. The lowest BCUT2D eigenvalue weighted by molar-refractivity contribution is -0.113. The SMILES string of the molecule is Cc1ccc(NC(=O)CSc2ccccc2C(=O)N2CCCC(N)C2)cc1. The standard InChI is InChI=1S/C21H25N3O2S/c1-15-8-10-17(11-9-15)23-20(25)14-27-19-7-3-2-6-18(19)21(26)24-12-4-5-16(22)13-24/h2-3,6-11,16H,4-5,12-14,22H2,1H3,(H,23,25). The molecule has 142 valence electrons. The molecule has 1 unspecified atom stereocenters. The molecule has 1 heterocycles. The molecule has 1 aliphatic rings. The Labute approximate surface area is 164 Å². The predicted octanol–water partition coefficient (Wildman–Crippen LogP) is 3.29. The quantitative estimate of drug-likeness (QED) is 0.777. The van der Waals surface area contributed by atoms with Gasteiger partial charge < -0.3 is 16.0 Å². The fraction of sp³-hybridized carbons (Fsp3) is 0.333. The second-order valence-electron chi connectivity index (χ2n) is 6.85. The highest BCUT2D eigenvalue weighted by Crippen LogP contribution is 2.25. The third kappa shape index (κ3) is 5.34. The number of amides is 2. The maximum Gasteiger partial charge on any atom is 0.255 e. The van der Waals surface area contributed by atoms with Gasteiger partial charge in [0, 0.05) is 29.7 Å². The highest BCUT2D eigenvalue weighted by atomic mass is 32.2. The maximum absolute atomic E-state index is 12.9. The molecule has 0 bridgehead atoms. The van der Waals surface area contributed by atoms with Gasteiger partial charge in [-0.3, -0.25) is 9.59 Å². The molecule has 3 rings (SSSR count). The number of nitrogens with zero attached hydrogens (tertiary/aromatic N) is 1. The number of likely N-dealkylation sites (tertiary alicyclic amines) is 1. The zero-order valence-electron chi connectivity index (χ0n) is 15.5. The molecule has 0 saturated carbocycles. The summed E-state index contributed by atoms with van der Waals surface area (Å²) in [5, 5.41) is 2.89. The number of nitrogens with one attached hydrogen (secondary N) is 1. The van der Waals surface area contributed by atoms with Crippen molar-refractivity contribution in [2.24, 2.45) is 5.73 Å². The van der Waals surface area contributed by atoms with E-state index in [1.54, 1.807) is 0 Å². The highest BCUT2D eigenvalue weighted by Gasteiger charge is 2.24. The summed E-state index contributed by atoms with van der Waals surface area (Å²) >= 11 is 1.38. The van der Waals surface area contributed by atoms with Crippen LogP contribution in [0.1, 0.15) is 28.8 Å². The molecular weight excluding hydrogens is 358 g/mol. The Morgan fingerprint density at radius 2 is 1.93 bits per heavy atom. The first kappa shape index (κ1) is 19.5. The van der Waals surface area contributed by atoms with Gasteiger partial charge in [-0.1, -0.05) is 29.8 Å². The van der Waals surface area contributed by atoms with Gasteiger partial charge >= 0.3 is 0 Å². The molecule has 1 fully saturated rings. The van der Waals surface area contributed by atoms with Crippen LogP contribution in [0.3, 0.4) is 0 Å². The lowest BCUT2D eigenvalue weighted by Gasteiger charge is -2.31. The number of anilines is 1. The van der Waals surface area contributed by atoms with Crippen LogP contribution in [0.2, 0.25) is 0 Å². The molecule has 1 saturated heterocycles. The molecule has 0 spiro atoms. The minimum atomic E-state index is -0.0916. The smallest absolute Gasteiger partial charge is 0.255 e. The van der Waals surface area contributed by atoms with Crippen LogP contribution in [0.4, 0.5) is 5.69 Å². The van der Waals surface area contributed by atoms with E-state index in [4.69, 9.17) is 5.73 Å². The second kappa shape index (κ2) is 9.06. The second-order valence-corrected chi connectivity index (χ2v) is 7.87. The largest absolute Gasteiger partial charge is 0.337 e. The summed E-state index contributed by atoms with van der Waals surface area (Å²) in [6.45, 7) is 3.33. The summed E-state index contributed by atoms with van der Waals surface area (Å²) in [4.78, 5) is 27.8. The van der Waals surface area contributed by atoms with Gasteiger partial charge in [-0.2, -0.15) is 0 Å². The number of hydrogen-bond acceptors (Lipinski definition) is 4. The molecule has 1 aliphatic heterocycles. The minimum absolute atomic E-state index is 0.00723. The van der Waals surface area contributed by atoms with Crippen molar-refractivity contribution in [3.8, 4) is 0 Å². The Morgan fingerprint density at radius 3 is 2.67 bits per heavy atom. The number of hydrogen-bond donors (Lipinski definition) is 2. The fourth-order valence-corrected chi connectivity index (χ4v) is 3.96. The first-order valence-electron chi connectivity index (χ1n) is 9.16. The monoisotopic (exact) mass is 383 g/mol. The number of rotatable bonds is 5. The summed E-state index contributed by atoms with van der Waals surface area (Å²) in [6, 6.07) is 15.2. The molecule has 3 N–H and O–H groups in total. The first-order chi connectivity index (χ1) is 13.0. The van der Waals surface area contributed by atoms with Crippen molar-refractivity contribution in [1.82, 2.24) is 4.90 Å². The summed E-state index contributed by atoms with van der Waals surface area (Å²) < 4.78 is 0. The van der Waals surface area contributed by atoms with E-state index in [9.17, 15) is 9.59 Å². The molecule has 0 aromatic heterocycles. The Balaban J connectivity index is 1.62. The van der Waals surface area contributed by atoms with Crippen molar-refractivity contribution in [2.45, 2.75) is 30.7 Å². The number of benzene rings is 2. The average molecular weight is 384 g/mol. The number of nitrogens with two attached hydrogens (primary N) is 1. The lowest BCUT2D eigenvalue weighted by Crippen LogP contribution is -2.45. The van der Waals surface area contributed by atoms with Crippen LogP contribution in [-0.4, -0.2) is 41.6 Å². The molecule has 2 aromatic rings. The first-order valence-corrected chi connectivity index (χ1v) is 10.1. The van der Waals surface area contributed by atoms with Crippen molar-refractivity contribution in [1.29, 1.82) is 0 Å². The van der Waals surface area contributed by atoms with Gasteiger partial charge in [-0.15, -0.1) is 11.8 Å². The van der Waals surface area contributed by atoms with Crippen LogP contribution >= 0.6 is 11.8 Å². The number of carbonyl (C=O) groups is 2. The topological polar surface area (TPSA) is 75.4 Å². The minimum Gasteiger partial charge on any atom is -0.337 e. The van der Waals surface area contributed by atoms with E-state index in [2.05, 4.69) is 5.32 Å². The van der Waals surface area contributed by atoms with Gasteiger partial charge in [0.2, 0.25) is 5.91 Å². The molecule has 6 heteroatoms. The van der Waals surface area contributed by atoms with Gasteiger partial charge in [0.1, 0.15) is 0 Å². The Morgan fingerprint density at radius 1 is 1.19 bits per heavy atom. The van der Waals surface area contributed by atoms with Crippen LogP contribution in [0.5, 0.6) is 0 Å². The third-order valence-electron chi connectivity index (χ3n) is 4.56. The Bertz CT molecular complexity index is 807. The normalized spacial score (nSPS) is 16.8. The van der Waals surface area contributed by atoms with E-state index in [1.807, 2.05) is 60.4 Å². The van der Waals surface area contributed by atoms with Crippen molar-refractivity contribution in [3.63, 3.8) is 0 Å². The van der Waals surface area contributed by atoms with Crippen LogP contribution in [0.25, 0.3) is 0 Å². The molecule has 2 amide bonds. The van der Waals surface area contributed by atoms with E-state index in [1.165, 1.54) is 11.8 Å². The number of aryl methyl sites for hydroxylation is 1. The predicted molar refractivity (Wildman–Crippen MR) is 110 cm³/mol. The molecule has 1 atom stereocenters. The molecule has 0 aliphatic carbocycles. The van der Waals surface area contributed by atoms with Crippen molar-refractivity contribution in [2.75, 3.05) is 24.2 Å². The van der Waals surface area contributed by atoms with E-state index in [0.717, 1.165) is 35.5 Å². The zero-order valence-corrected chi connectivity index (χ0v) is 16.3. The molecule has 27 heavy (non-hydrogen) atoms. The number of thioether (sulfide) groups is 1. The van der Waals surface area contributed by atoms with Gasteiger partial charge in [-0.05, 0) is 44.0 Å². The van der Waals surface area contributed by atoms with Crippen LogP contribution in [-0.2, 0) is 4.79 Å². The lowest BCUT2D eigenvalue weighted by atomic mass is 10.1. The number of carbonyl (C=O) groups excluding carboxylic acids is 2. The van der Waals surface area contributed by atoms with Crippen molar-refractivity contribution < 1.29 is 9.59 Å². The van der Waals surface area contributed by atoms with Gasteiger partial charge in [0.05, 0.1) is 11.3 Å². The summed E-state index contributed by atoms with van der Waals surface area (Å²) in [5.74, 6) is 0.149. The van der Waals surface area contributed by atoms with Gasteiger partial charge in [0.25, 0.3) is 5.91 Å². The summed E-state index contributed by atoms with van der Waals surface area (Å²) in [5.41, 5.74) is 8.57. The zero-order chi connectivity index (χ0) is 19.2. The Kier molecular flexibility index (Phi) is 6.53. The third-order valence-corrected chi connectivity index (χ3v) is 5.63. The summed E-state index contributed by atoms with van der Waals surface area (Å²) in [6.07, 6.45) is 1.89. The van der Waals surface area contributed by atoms with Crippen molar-refractivity contribution in [3.05, 3.63) is 59.7 Å². The van der Waals surface area contributed by atoms with E-state index >= 15 is 0 Å². The summed E-state index contributed by atoms with van der Waals surface area (Å²) in [7, 11) is 0. The van der Waals surface area contributed by atoms with Crippen molar-refractivity contribution >= 4 is 29.3 Å². The van der Waals surface area contributed by atoms with E-state index in [-0.39, 0.29) is 23.6 Å². The van der Waals surface area contributed by atoms with E-state index < -0.39 is 0 Å². The average Bonchev–Trinajstić information content (AvgIpc) is 2.68. The molecule has 0 radical (unpaired) electrons.